The van der Waals surface area contributed by atoms with E-state index in [2.05, 4.69) is 5.32 Å². The van der Waals surface area contributed by atoms with Gasteiger partial charge in [-0.15, -0.1) is 0 Å². The lowest BCUT2D eigenvalue weighted by Gasteiger charge is -2.23. The van der Waals surface area contributed by atoms with E-state index in [1.807, 2.05) is 43.0 Å². The van der Waals surface area contributed by atoms with Crippen molar-refractivity contribution < 1.29 is 13.2 Å². The Hall–Kier alpha value is -1.23. The molecule has 0 saturated heterocycles. The van der Waals surface area contributed by atoms with Gasteiger partial charge in [0.1, 0.15) is 0 Å². The van der Waals surface area contributed by atoms with Crippen molar-refractivity contribution in [3.63, 3.8) is 0 Å². The van der Waals surface area contributed by atoms with E-state index in [9.17, 15) is 13.2 Å². The number of nitrogens with zero attached hydrogens (tertiary/aromatic N) is 1. The minimum absolute atomic E-state index is 0.321. The Morgan fingerprint density at radius 2 is 1.78 bits per heavy atom. The molecular formula is C13H19F3N2. The average Bonchev–Trinajstić information content (AvgIpc) is 2.29. The first-order chi connectivity index (χ1) is 8.42. The lowest BCUT2D eigenvalue weighted by molar-refractivity contribution is -0.124. The van der Waals surface area contributed by atoms with Gasteiger partial charge in [-0.3, -0.25) is 0 Å². The summed E-state index contributed by atoms with van der Waals surface area (Å²) in [4.78, 5) is 2.04. The van der Waals surface area contributed by atoms with Crippen LogP contribution in [-0.2, 0) is 0 Å². The molecule has 1 aromatic rings. The van der Waals surface area contributed by atoms with Gasteiger partial charge in [-0.25, -0.2) is 0 Å². The van der Waals surface area contributed by atoms with E-state index in [-0.39, 0.29) is 0 Å². The van der Waals surface area contributed by atoms with Crippen molar-refractivity contribution in [2.45, 2.75) is 20.0 Å². The van der Waals surface area contributed by atoms with Gasteiger partial charge in [0, 0.05) is 25.3 Å². The fraction of sp³-hybridized carbons (Fsp3) is 0.538. The van der Waals surface area contributed by atoms with Crippen LogP contribution in [0.15, 0.2) is 24.3 Å². The molecule has 0 aromatic heterocycles. The van der Waals surface area contributed by atoms with Crippen LogP contribution in [0.4, 0.5) is 18.9 Å². The topological polar surface area (TPSA) is 15.3 Å². The molecule has 0 heterocycles. The van der Waals surface area contributed by atoms with Crippen LogP contribution < -0.4 is 10.2 Å². The molecule has 1 aromatic carbocycles. The van der Waals surface area contributed by atoms with E-state index >= 15 is 0 Å². The predicted molar refractivity (Wildman–Crippen MR) is 68.0 cm³/mol. The molecule has 0 bridgehead atoms. The van der Waals surface area contributed by atoms with E-state index in [1.165, 1.54) is 5.56 Å². The Labute approximate surface area is 106 Å². The largest absolute Gasteiger partial charge is 0.401 e. The smallest absolute Gasteiger partial charge is 0.371 e. The summed E-state index contributed by atoms with van der Waals surface area (Å²) in [5.74, 6) is 0. The maximum Gasteiger partial charge on any atom is 0.401 e. The molecular weight excluding hydrogens is 241 g/mol. The molecule has 5 heteroatoms. The Morgan fingerprint density at radius 1 is 1.17 bits per heavy atom. The Kier molecular flexibility index (Phi) is 5.47. The minimum Gasteiger partial charge on any atom is -0.371 e. The van der Waals surface area contributed by atoms with Gasteiger partial charge < -0.3 is 10.2 Å². The third-order valence-electron chi connectivity index (χ3n) is 2.66. The zero-order chi connectivity index (χ0) is 13.6. The molecule has 0 spiro atoms. The quantitative estimate of drug-likeness (QED) is 0.791. The third kappa shape index (κ3) is 5.40. The molecule has 0 aliphatic carbocycles. The summed E-state index contributed by atoms with van der Waals surface area (Å²) < 4.78 is 35.9. The normalized spacial score (nSPS) is 11.6. The van der Waals surface area contributed by atoms with E-state index in [1.54, 1.807) is 0 Å². The second kappa shape index (κ2) is 6.64. The van der Waals surface area contributed by atoms with Crippen LogP contribution in [0.2, 0.25) is 0 Å². The zero-order valence-electron chi connectivity index (χ0n) is 10.7. The molecule has 18 heavy (non-hydrogen) atoms. The summed E-state index contributed by atoms with van der Waals surface area (Å²) in [5.41, 5.74) is 2.21. The lowest BCUT2D eigenvalue weighted by Crippen LogP contribution is -2.36. The summed E-state index contributed by atoms with van der Waals surface area (Å²) in [6.07, 6.45) is -4.14. The SMILES string of the molecule is CCN(CCNCC(F)(F)F)c1ccc(C)cc1. The Bertz CT molecular complexity index is 346. The molecule has 2 nitrogen and oxygen atoms in total. The van der Waals surface area contributed by atoms with E-state index in [0.29, 0.717) is 13.1 Å². The van der Waals surface area contributed by atoms with Crippen molar-refractivity contribution in [3.05, 3.63) is 29.8 Å². The van der Waals surface area contributed by atoms with Crippen LogP contribution in [0, 0.1) is 6.92 Å². The molecule has 0 aliphatic heterocycles. The molecule has 0 atom stereocenters. The monoisotopic (exact) mass is 260 g/mol. The predicted octanol–water partition coefficient (Wildman–Crippen LogP) is 2.97. The molecule has 102 valence electrons. The van der Waals surface area contributed by atoms with Crippen molar-refractivity contribution in [1.29, 1.82) is 0 Å². The first-order valence-corrected chi connectivity index (χ1v) is 6.01. The van der Waals surface area contributed by atoms with Gasteiger partial charge in [-0.05, 0) is 26.0 Å². The third-order valence-corrected chi connectivity index (χ3v) is 2.66. The highest BCUT2D eigenvalue weighted by Crippen LogP contribution is 2.15. The standard InChI is InChI=1S/C13H19F3N2/c1-3-18(9-8-17-10-13(14,15)16)12-6-4-11(2)5-7-12/h4-7,17H,3,8-10H2,1-2H3. The maximum absolute atomic E-state index is 12.0. The number of hydrogen-bond donors (Lipinski definition) is 1. The van der Waals surface area contributed by atoms with Crippen molar-refractivity contribution in [2.24, 2.45) is 0 Å². The van der Waals surface area contributed by atoms with E-state index < -0.39 is 12.7 Å². The van der Waals surface area contributed by atoms with Crippen LogP contribution in [0.25, 0.3) is 0 Å². The van der Waals surface area contributed by atoms with E-state index in [4.69, 9.17) is 0 Å². The van der Waals surface area contributed by atoms with Crippen molar-refractivity contribution >= 4 is 5.69 Å². The number of nitrogens with one attached hydrogen (secondary N) is 1. The molecule has 0 radical (unpaired) electrons. The average molecular weight is 260 g/mol. The molecule has 0 aliphatic rings. The number of hydrogen-bond acceptors (Lipinski definition) is 2. The Morgan fingerprint density at radius 3 is 2.28 bits per heavy atom. The number of alkyl halides is 3. The number of rotatable bonds is 6. The summed E-state index contributed by atoms with van der Waals surface area (Å²) in [5, 5.41) is 2.40. The second-order valence-corrected chi connectivity index (χ2v) is 4.21. The van der Waals surface area contributed by atoms with Gasteiger partial charge in [0.15, 0.2) is 0 Å². The van der Waals surface area contributed by atoms with Crippen molar-refractivity contribution in [3.8, 4) is 0 Å². The number of halogens is 3. The number of benzene rings is 1. The van der Waals surface area contributed by atoms with Crippen LogP contribution >= 0.6 is 0 Å². The first kappa shape index (κ1) is 14.8. The summed E-state index contributed by atoms with van der Waals surface area (Å²) in [7, 11) is 0. The highest BCUT2D eigenvalue weighted by atomic mass is 19.4. The van der Waals surface area contributed by atoms with Crippen LogP contribution in [0.3, 0.4) is 0 Å². The van der Waals surface area contributed by atoms with Gasteiger partial charge in [0.05, 0.1) is 6.54 Å². The van der Waals surface area contributed by atoms with Crippen molar-refractivity contribution in [1.82, 2.24) is 5.32 Å². The second-order valence-electron chi connectivity index (χ2n) is 4.21. The molecule has 0 amide bonds. The van der Waals surface area contributed by atoms with Gasteiger partial charge in [-0.1, -0.05) is 17.7 Å². The number of aryl methyl sites for hydroxylation is 1. The minimum atomic E-state index is -4.14. The van der Waals surface area contributed by atoms with Gasteiger partial charge in [0.2, 0.25) is 0 Å². The maximum atomic E-state index is 12.0. The summed E-state index contributed by atoms with van der Waals surface area (Å²) in [6, 6.07) is 7.98. The van der Waals surface area contributed by atoms with Crippen LogP contribution in [-0.4, -0.2) is 32.4 Å². The Balaban J connectivity index is 2.40. The highest BCUT2D eigenvalue weighted by Gasteiger charge is 2.25. The zero-order valence-corrected chi connectivity index (χ0v) is 10.7. The molecule has 1 rings (SSSR count). The van der Waals surface area contributed by atoms with Crippen molar-refractivity contribution in [2.75, 3.05) is 31.1 Å². The molecule has 0 fully saturated rings. The van der Waals surface area contributed by atoms with Crippen LogP contribution in [0.5, 0.6) is 0 Å². The number of likely N-dealkylation sites (N-methyl/N-ethyl adjacent to an activating group) is 1. The fourth-order valence-electron chi connectivity index (χ4n) is 1.67. The first-order valence-electron chi connectivity index (χ1n) is 6.01. The summed E-state index contributed by atoms with van der Waals surface area (Å²) in [6.45, 7) is 4.72. The molecule has 0 saturated carbocycles. The van der Waals surface area contributed by atoms with Gasteiger partial charge >= 0.3 is 6.18 Å². The van der Waals surface area contributed by atoms with E-state index in [0.717, 1.165) is 12.2 Å². The summed E-state index contributed by atoms with van der Waals surface area (Å²) >= 11 is 0. The van der Waals surface area contributed by atoms with Gasteiger partial charge in [-0.2, -0.15) is 13.2 Å². The van der Waals surface area contributed by atoms with Gasteiger partial charge in [0.25, 0.3) is 0 Å². The molecule has 0 unspecified atom stereocenters. The number of anilines is 1. The highest BCUT2D eigenvalue weighted by molar-refractivity contribution is 5.47. The molecule has 1 N–H and O–H groups in total. The fourth-order valence-corrected chi connectivity index (χ4v) is 1.67. The lowest BCUT2D eigenvalue weighted by atomic mass is 10.2. The van der Waals surface area contributed by atoms with Crippen LogP contribution in [0.1, 0.15) is 12.5 Å².